The first-order valence-electron chi connectivity index (χ1n) is 11.8. The number of aromatic nitrogens is 1. The maximum Gasteiger partial charge on any atom is 0.337 e. The molecule has 0 saturated carbocycles. The predicted octanol–water partition coefficient (Wildman–Crippen LogP) is 3.69. The van der Waals surface area contributed by atoms with Gasteiger partial charge in [-0.1, -0.05) is 44.2 Å². The standard InChI is InChI=1S/C27H29N3O4/c1-16(2)12-13-29-15-23(31)30-22(26(29)32)14-20-19-6-4-5-7-21(19)28-24(20)25(30)17-8-10-18(11-9-17)27(33)34-3/h4-11,16,22,25,28H,12-15H2,1-3H3/t22-,25?/m1/s1. The summed E-state index contributed by atoms with van der Waals surface area (Å²) in [4.78, 5) is 46.0. The van der Waals surface area contributed by atoms with Gasteiger partial charge in [-0.25, -0.2) is 4.79 Å². The number of aromatic amines is 1. The minimum absolute atomic E-state index is 0.00682. The molecule has 1 aromatic heterocycles. The zero-order valence-electron chi connectivity index (χ0n) is 19.7. The van der Waals surface area contributed by atoms with Gasteiger partial charge in [-0.2, -0.15) is 0 Å². The topological polar surface area (TPSA) is 82.7 Å². The maximum absolute atomic E-state index is 13.6. The Morgan fingerprint density at radius 3 is 2.56 bits per heavy atom. The Labute approximate surface area is 198 Å². The van der Waals surface area contributed by atoms with E-state index in [9.17, 15) is 14.4 Å². The van der Waals surface area contributed by atoms with E-state index in [-0.39, 0.29) is 18.4 Å². The molecule has 7 nitrogen and oxygen atoms in total. The summed E-state index contributed by atoms with van der Waals surface area (Å²) in [5, 5.41) is 1.08. The van der Waals surface area contributed by atoms with Crippen LogP contribution in [0.2, 0.25) is 0 Å². The van der Waals surface area contributed by atoms with Gasteiger partial charge in [0.05, 0.1) is 25.3 Å². The van der Waals surface area contributed by atoms with E-state index >= 15 is 0 Å². The quantitative estimate of drug-likeness (QED) is 0.590. The molecule has 2 aromatic carbocycles. The average molecular weight is 460 g/mol. The first kappa shape index (κ1) is 22.2. The summed E-state index contributed by atoms with van der Waals surface area (Å²) in [7, 11) is 1.35. The lowest BCUT2D eigenvalue weighted by Gasteiger charge is -2.47. The summed E-state index contributed by atoms with van der Waals surface area (Å²) in [6, 6.07) is 14.2. The van der Waals surface area contributed by atoms with E-state index in [4.69, 9.17) is 4.74 Å². The lowest BCUT2D eigenvalue weighted by atomic mass is 9.86. The highest BCUT2D eigenvalue weighted by Gasteiger charge is 2.48. The Balaban J connectivity index is 1.60. The molecular formula is C27H29N3O4. The Hall–Kier alpha value is -3.61. The second-order valence-electron chi connectivity index (χ2n) is 9.54. The molecule has 0 radical (unpaired) electrons. The summed E-state index contributed by atoms with van der Waals surface area (Å²) >= 11 is 0. The molecule has 2 amide bonds. The van der Waals surface area contributed by atoms with Crippen molar-refractivity contribution in [1.29, 1.82) is 0 Å². The van der Waals surface area contributed by atoms with Crippen LogP contribution in [0.3, 0.4) is 0 Å². The van der Waals surface area contributed by atoms with Gasteiger partial charge < -0.3 is 19.5 Å². The van der Waals surface area contributed by atoms with Gasteiger partial charge in [0, 0.05) is 29.6 Å². The predicted molar refractivity (Wildman–Crippen MR) is 128 cm³/mol. The lowest BCUT2D eigenvalue weighted by molar-refractivity contribution is -0.158. The number of amides is 2. The number of carbonyl (C=O) groups excluding carboxylic acids is 3. The van der Waals surface area contributed by atoms with Crippen LogP contribution in [-0.4, -0.2) is 58.8 Å². The molecule has 0 spiro atoms. The van der Waals surface area contributed by atoms with Crippen LogP contribution in [-0.2, 0) is 20.7 Å². The van der Waals surface area contributed by atoms with Crippen LogP contribution in [0.1, 0.15) is 53.5 Å². The summed E-state index contributed by atoms with van der Waals surface area (Å²) in [6.07, 6.45) is 1.35. The molecule has 1 N–H and O–H groups in total. The van der Waals surface area contributed by atoms with E-state index in [2.05, 4.69) is 24.9 Å². The van der Waals surface area contributed by atoms with Gasteiger partial charge in [0.2, 0.25) is 11.8 Å². The average Bonchev–Trinajstić information content (AvgIpc) is 3.22. The van der Waals surface area contributed by atoms with E-state index in [1.807, 2.05) is 30.3 Å². The number of rotatable bonds is 5. The fourth-order valence-electron chi connectivity index (χ4n) is 5.19. The van der Waals surface area contributed by atoms with Crippen LogP contribution in [0.4, 0.5) is 0 Å². The smallest absolute Gasteiger partial charge is 0.337 e. The van der Waals surface area contributed by atoms with Crippen LogP contribution in [0.5, 0.6) is 0 Å². The van der Waals surface area contributed by atoms with Crippen molar-refractivity contribution in [3.63, 3.8) is 0 Å². The van der Waals surface area contributed by atoms with Crippen molar-refractivity contribution >= 4 is 28.7 Å². The van der Waals surface area contributed by atoms with Crippen molar-refractivity contribution in [3.8, 4) is 0 Å². The van der Waals surface area contributed by atoms with Gasteiger partial charge in [-0.05, 0) is 41.7 Å². The summed E-state index contributed by atoms with van der Waals surface area (Å²) in [6.45, 7) is 4.92. The summed E-state index contributed by atoms with van der Waals surface area (Å²) < 4.78 is 4.83. The molecule has 7 heteroatoms. The number of ether oxygens (including phenoxy) is 1. The molecular weight excluding hydrogens is 430 g/mol. The number of nitrogens with zero attached hydrogens (tertiary/aromatic N) is 2. The molecule has 34 heavy (non-hydrogen) atoms. The van der Waals surface area contributed by atoms with Gasteiger partial charge in [0.1, 0.15) is 6.04 Å². The van der Waals surface area contributed by atoms with Gasteiger partial charge in [0.15, 0.2) is 0 Å². The van der Waals surface area contributed by atoms with E-state index in [0.717, 1.165) is 34.1 Å². The zero-order chi connectivity index (χ0) is 24.0. The van der Waals surface area contributed by atoms with E-state index in [1.165, 1.54) is 7.11 Å². The molecule has 3 heterocycles. The molecule has 2 aliphatic rings. The number of hydrogen-bond donors (Lipinski definition) is 1. The van der Waals surface area contributed by atoms with Crippen molar-refractivity contribution in [2.75, 3.05) is 20.2 Å². The van der Waals surface area contributed by atoms with Crippen molar-refractivity contribution in [3.05, 3.63) is 70.9 Å². The number of carbonyl (C=O) groups is 3. The van der Waals surface area contributed by atoms with E-state index in [0.29, 0.717) is 24.4 Å². The Bertz CT molecular complexity index is 1260. The molecule has 1 unspecified atom stereocenters. The number of piperazine rings is 1. The normalized spacial score (nSPS) is 20.0. The van der Waals surface area contributed by atoms with Gasteiger partial charge in [-0.15, -0.1) is 0 Å². The molecule has 3 aromatic rings. The number of fused-ring (bicyclic) bond motifs is 4. The monoisotopic (exact) mass is 459 g/mol. The van der Waals surface area contributed by atoms with Gasteiger partial charge >= 0.3 is 5.97 Å². The highest BCUT2D eigenvalue weighted by atomic mass is 16.5. The third-order valence-corrected chi connectivity index (χ3v) is 6.97. The molecule has 0 aliphatic carbocycles. The largest absolute Gasteiger partial charge is 0.465 e. The van der Waals surface area contributed by atoms with Gasteiger partial charge in [-0.3, -0.25) is 9.59 Å². The van der Waals surface area contributed by atoms with Crippen molar-refractivity contribution in [2.45, 2.75) is 38.8 Å². The van der Waals surface area contributed by atoms with Crippen LogP contribution < -0.4 is 0 Å². The highest BCUT2D eigenvalue weighted by molar-refractivity contribution is 5.97. The van der Waals surface area contributed by atoms with Crippen LogP contribution in [0.25, 0.3) is 10.9 Å². The fourth-order valence-corrected chi connectivity index (χ4v) is 5.19. The highest BCUT2D eigenvalue weighted by Crippen LogP contribution is 2.42. The van der Waals surface area contributed by atoms with Crippen LogP contribution in [0.15, 0.2) is 48.5 Å². The molecule has 176 valence electrons. The number of para-hydroxylation sites is 1. The van der Waals surface area contributed by atoms with E-state index < -0.39 is 18.1 Å². The Morgan fingerprint density at radius 2 is 1.85 bits per heavy atom. The van der Waals surface area contributed by atoms with Crippen LogP contribution in [0, 0.1) is 5.92 Å². The molecule has 2 aliphatic heterocycles. The molecule has 1 saturated heterocycles. The summed E-state index contributed by atoms with van der Waals surface area (Å²) in [5.74, 6) is -0.00922. The SMILES string of the molecule is COC(=O)c1ccc(C2c3[nH]c4ccccc4c3C[C@@H]3C(=O)N(CCC(C)C)CC(=O)N23)cc1. The number of nitrogens with one attached hydrogen (secondary N) is 1. The Kier molecular flexibility index (Phi) is 5.63. The third-order valence-electron chi connectivity index (χ3n) is 6.97. The first-order valence-corrected chi connectivity index (χ1v) is 11.8. The Morgan fingerprint density at radius 1 is 1.12 bits per heavy atom. The second kappa shape index (κ2) is 8.63. The molecule has 2 atom stereocenters. The minimum Gasteiger partial charge on any atom is -0.465 e. The zero-order valence-corrected chi connectivity index (χ0v) is 19.7. The maximum atomic E-state index is 13.6. The first-order chi connectivity index (χ1) is 16.4. The fraction of sp³-hybridized carbons (Fsp3) is 0.370. The number of benzene rings is 2. The number of H-pyrrole nitrogens is 1. The van der Waals surface area contributed by atoms with E-state index in [1.54, 1.807) is 21.9 Å². The third kappa shape index (κ3) is 3.65. The number of esters is 1. The molecule has 0 bridgehead atoms. The van der Waals surface area contributed by atoms with Crippen molar-refractivity contribution in [1.82, 2.24) is 14.8 Å². The number of methoxy groups -OCH3 is 1. The van der Waals surface area contributed by atoms with Crippen LogP contribution >= 0.6 is 0 Å². The minimum atomic E-state index is -0.551. The molecule has 1 fully saturated rings. The second-order valence-corrected chi connectivity index (χ2v) is 9.54. The van der Waals surface area contributed by atoms with Crippen molar-refractivity contribution < 1.29 is 19.1 Å². The summed E-state index contributed by atoms with van der Waals surface area (Å²) in [5.41, 5.74) is 4.28. The van der Waals surface area contributed by atoms with Gasteiger partial charge in [0.25, 0.3) is 0 Å². The van der Waals surface area contributed by atoms with Crippen molar-refractivity contribution in [2.24, 2.45) is 5.92 Å². The number of hydrogen-bond acceptors (Lipinski definition) is 4. The molecule has 5 rings (SSSR count). The lowest BCUT2D eigenvalue weighted by Crippen LogP contribution is -2.63.